The van der Waals surface area contributed by atoms with Crippen molar-refractivity contribution in [3.63, 3.8) is 0 Å². The van der Waals surface area contributed by atoms with E-state index in [9.17, 15) is 4.39 Å². The standard InChI is InChI=1S/C25H40F2Si2/c1-18-7-11-28(12-8-18)17-29-13-9-20(10-14-29)21-4-6-23(25(27)16-21)22-5-3-19(2)15-24(22)26/h18-21H,3-17H2,1-2H3/q+1. The van der Waals surface area contributed by atoms with E-state index in [4.69, 9.17) is 0 Å². The molecule has 0 spiro atoms. The number of halogens is 2. The van der Waals surface area contributed by atoms with Crippen LogP contribution in [0.3, 0.4) is 0 Å². The Bertz CT molecular complexity index is 625. The number of hydrogen-bond acceptors (Lipinski definition) is 0. The van der Waals surface area contributed by atoms with E-state index in [2.05, 4.69) is 13.8 Å². The Balaban J connectivity index is 1.27. The second-order valence-electron chi connectivity index (χ2n) is 10.8. The molecule has 2 fully saturated rings. The first kappa shape index (κ1) is 22.0. The zero-order valence-corrected chi connectivity index (χ0v) is 20.7. The molecule has 2 unspecified atom stereocenters. The largest absolute Gasteiger partial charge is 0.310 e. The minimum atomic E-state index is -0.105. The molecule has 2 atom stereocenters. The monoisotopic (exact) mass is 434 g/mol. The van der Waals surface area contributed by atoms with Crippen LogP contribution in [0, 0.1) is 23.7 Å². The molecule has 0 aromatic carbocycles. The molecule has 2 aliphatic carbocycles. The van der Waals surface area contributed by atoms with E-state index in [1.54, 1.807) is 17.8 Å². The van der Waals surface area contributed by atoms with Crippen molar-refractivity contribution in [3.8, 4) is 0 Å². The lowest BCUT2D eigenvalue weighted by Gasteiger charge is -2.36. The predicted octanol–water partition coefficient (Wildman–Crippen LogP) is 8.42. The van der Waals surface area contributed by atoms with Gasteiger partial charge in [-0.3, -0.25) is 0 Å². The topological polar surface area (TPSA) is 0 Å². The fourth-order valence-corrected chi connectivity index (χ4v) is 15.9. The zero-order chi connectivity index (χ0) is 20.4. The molecular weight excluding hydrogens is 394 g/mol. The highest BCUT2D eigenvalue weighted by Crippen LogP contribution is 2.46. The number of hydrogen-bond donors (Lipinski definition) is 0. The zero-order valence-electron chi connectivity index (χ0n) is 18.7. The average Bonchev–Trinajstić information content (AvgIpc) is 2.71. The molecule has 0 aromatic heterocycles. The molecule has 0 aromatic rings. The molecule has 0 amide bonds. The van der Waals surface area contributed by atoms with Gasteiger partial charge in [0.05, 0.1) is 26.6 Å². The summed E-state index contributed by atoms with van der Waals surface area (Å²) < 4.78 is 29.5. The van der Waals surface area contributed by atoms with Gasteiger partial charge < -0.3 is 0 Å². The Morgan fingerprint density at radius 3 is 2.00 bits per heavy atom. The van der Waals surface area contributed by atoms with E-state index in [-0.39, 0.29) is 29.2 Å². The number of allylic oxidation sites excluding steroid dienone is 4. The summed E-state index contributed by atoms with van der Waals surface area (Å²) in [5.74, 6) is 2.69. The van der Waals surface area contributed by atoms with Crippen molar-refractivity contribution in [3.05, 3.63) is 22.8 Å². The van der Waals surface area contributed by atoms with Crippen LogP contribution in [0.25, 0.3) is 0 Å². The van der Waals surface area contributed by atoms with Gasteiger partial charge in [-0.25, -0.2) is 8.78 Å². The van der Waals surface area contributed by atoms with Crippen LogP contribution in [0.5, 0.6) is 0 Å². The van der Waals surface area contributed by atoms with Gasteiger partial charge in [-0.1, -0.05) is 38.8 Å². The molecule has 4 rings (SSSR count). The van der Waals surface area contributed by atoms with Crippen LogP contribution in [-0.2, 0) is 0 Å². The fraction of sp³-hybridized carbons (Fsp3) is 0.840. The normalized spacial score (nSPS) is 31.7. The number of rotatable bonds is 4. The molecule has 2 saturated heterocycles. The third-order valence-electron chi connectivity index (χ3n) is 8.53. The molecule has 0 bridgehead atoms. The molecule has 29 heavy (non-hydrogen) atoms. The summed E-state index contributed by atoms with van der Waals surface area (Å²) in [5.41, 5.74) is 3.17. The maximum absolute atomic E-state index is 15.0. The van der Waals surface area contributed by atoms with Gasteiger partial charge in [0, 0.05) is 12.8 Å². The summed E-state index contributed by atoms with van der Waals surface area (Å²) in [5, 5.41) is 0. The van der Waals surface area contributed by atoms with Crippen molar-refractivity contribution in [2.45, 2.75) is 108 Å². The second kappa shape index (κ2) is 9.93. The van der Waals surface area contributed by atoms with Crippen molar-refractivity contribution in [2.75, 3.05) is 0 Å². The van der Waals surface area contributed by atoms with Crippen molar-refractivity contribution >= 4 is 17.6 Å². The summed E-state index contributed by atoms with van der Waals surface area (Å²) in [6, 6.07) is 6.14. The first-order valence-electron chi connectivity index (χ1n) is 12.4. The van der Waals surface area contributed by atoms with Crippen LogP contribution < -0.4 is 0 Å². The maximum Gasteiger partial charge on any atom is 0.310 e. The van der Waals surface area contributed by atoms with Gasteiger partial charge in [-0.2, -0.15) is 0 Å². The minimum absolute atomic E-state index is 0.0163. The summed E-state index contributed by atoms with van der Waals surface area (Å²) >= 11 is 0. The molecule has 2 aliphatic heterocycles. The van der Waals surface area contributed by atoms with Crippen molar-refractivity contribution in [2.24, 2.45) is 23.7 Å². The summed E-state index contributed by atoms with van der Waals surface area (Å²) in [7, 11) is -0.126. The summed E-state index contributed by atoms with van der Waals surface area (Å²) in [6.07, 6.45) is 10.5. The quantitative estimate of drug-likeness (QED) is 0.389. The highest BCUT2D eigenvalue weighted by molar-refractivity contribution is 6.77. The Morgan fingerprint density at radius 1 is 0.759 bits per heavy atom. The molecule has 0 saturated carbocycles. The molecule has 4 aliphatic rings. The van der Waals surface area contributed by atoms with Crippen molar-refractivity contribution < 1.29 is 8.78 Å². The molecule has 0 N–H and O–H groups in total. The van der Waals surface area contributed by atoms with E-state index in [0.717, 1.165) is 48.7 Å². The molecule has 4 heteroatoms. The van der Waals surface area contributed by atoms with E-state index in [0.29, 0.717) is 24.7 Å². The van der Waals surface area contributed by atoms with Gasteiger partial charge in [0.1, 0.15) is 11.7 Å². The lowest BCUT2D eigenvalue weighted by atomic mass is 9.74. The Hall–Kier alpha value is -0.226. The third-order valence-corrected chi connectivity index (χ3v) is 16.5. The van der Waals surface area contributed by atoms with Gasteiger partial charge in [0.2, 0.25) is 0 Å². The minimum Gasteiger partial charge on any atom is -0.212 e. The van der Waals surface area contributed by atoms with Crippen LogP contribution in [0.4, 0.5) is 8.78 Å². The van der Waals surface area contributed by atoms with Crippen molar-refractivity contribution in [1.82, 2.24) is 0 Å². The maximum atomic E-state index is 15.0. The van der Waals surface area contributed by atoms with Crippen LogP contribution >= 0.6 is 0 Å². The van der Waals surface area contributed by atoms with Gasteiger partial charge in [0.25, 0.3) is 0 Å². The first-order valence-corrected chi connectivity index (χ1v) is 16.7. The lowest BCUT2D eigenvalue weighted by molar-refractivity contribution is 0.255. The third kappa shape index (κ3) is 5.53. The Labute approximate surface area is 180 Å². The smallest absolute Gasteiger partial charge is 0.212 e. The van der Waals surface area contributed by atoms with Gasteiger partial charge >= 0.3 is 8.80 Å². The van der Waals surface area contributed by atoms with Crippen LogP contribution in [-0.4, -0.2) is 17.6 Å². The van der Waals surface area contributed by atoms with Crippen LogP contribution in [0.2, 0.25) is 29.8 Å². The predicted molar refractivity (Wildman–Crippen MR) is 123 cm³/mol. The molecule has 1 radical (unpaired) electrons. The van der Waals surface area contributed by atoms with Crippen LogP contribution in [0.1, 0.15) is 78.1 Å². The fourth-order valence-electron chi connectivity index (χ4n) is 6.41. The Morgan fingerprint density at radius 2 is 1.38 bits per heavy atom. The van der Waals surface area contributed by atoms with E-state index >= 15 is 4.39 Å². The summed E-state index contributed by atoms with van der Waals surface area (Å²) in [6.45, 7) is 4.54. The second-order valence-corrected chi connectivity index (χ2v) is 17.2. The van der Waals surface area contributed by atoms with E-state index < -0.39 is 0 Å². The van der Waals surface area contributed by atoms with Crippen molar-refractivity contribution in [1.29, 1.82) is 0 Å². The van der Waals surface area contributed by atoms with Gasteiger partial charge in [-0.05, 0) is 73.3 Å². The van der Waals surface area contributed by atoms with E-state index in [1.807, 2.05) is 0 Å². The summed E-state index contributed by atoms with van der Waals surface area (Å²) in [4.78, 5) is 0. The van der Waals surface area contributed by atoms with Gasteiger partial charge in [0.15, 0.2) is 0 Å². The molecule has 2 heterocycles. The van der Waals surface area contributed by atoms with E-state index in [1.165, 1.54) is 37.8 Å². The first-order chi connectivity index (χ1) is 14.0. The Kier molecular flexibility index (Phi) is 7.53. The van der Waals surface area contributed by atoms with Crippen LogP contribution in [0.15, 0.2) is 22.8 Å². The van der Waals surface area contributed by atoms with Gasteiger partial charge in [-0.15, -0.1) is 0 Å². The SMILES string of the molecule is CC1CC[Si+](C[Si]2CCC(C3CCC(C4=C(F)CC(C)CC4)=C(F)C3)CC2)CC1. The molecular formula is C25H40F2Si2+. The highest BCUT2D eigenvalue weighted by Gasteiger charge is 2.38. The highest BCUT2D eigenvalue weighted by atomic mass is 28.3. The molecule has 0 nitrogen and oxygen atoms in total. The average molecular weight is 435 g/mol. The lowest BCUT2D eigenvalue weighted by Crippen LogP contribution is -2.32. The molecule has 161 valence electrons.